The molecule has 6 nitrogen and oxygen atoms in total. The molecule has 6 rings (SSSR count). The van der Waals surface area contributed by atoms with Crippen LogP contribution in [0, 0.1) is 0 Å². The number of benzene rings is 1. The average molecular weight is 463 g/mol. The molecule has 1 unspecified atom stereocenters. The monoisotopic (exact) mass is 462 g/mol. The third kappa shape index (κ3) is 3.91. The Morgan fingerprint density at radius 2 is 1.88 bits per heavy atom. The van der Waals surface area contributed by atoms with Gasteiger partial charge in [0, 0.05) is 31.1 Å². The van der Waals surface area contributed by atoms with Gasteiger partial charge in [0.05, 0.1) is 17.8 Å². The largest absolute Gasteiger partial charge is 0.340 e. The van der Waals surface area contributed by atoms with E-state index in [0.29, 0.717) is 6.54 Å². The number of carbonyl (C=O) groups is 1. The highest BCUT2D eigenvalue weighted by Gasteiger charge is 2.31. The van der Waals surface area contributed by atoms with Gasteiger partial charge >= 0.3 is 0 Å². The summed E-state index contributed by atoms with van der Waals surface area (Å²) < 4.78 is 0. The van der Waals surface area contributed by atoms with Gasteiger partial charge in [-0.25, -0.2) is 4.98 Å². The summed E-state index contributed by atoms with van der Waals surface area (Å²) in [5.41, 5.74) is 3.81. The molecule has 0 saturated carbocycles. The predicted molar refractivity (Wildman–Crippen MR) is 131 cm³/mol. The molecule has 172 valence electrons. The summed E-state index contributed by atoms with van der Waals surface area (Å²) >= 11 is 1.70. The summed E-state index contributed by atoms with van der Waals surface area (Å²) in [4.78, 5) is 40.6. The van der Waals surface area contributed by atoms with Crippen molar-refractivity contribution in [3.05, 3.63) is 62.0 Å². The number of fused-ring (bicyclic) bond motifs is 4. The van der Waals surface area contributed by atoms with Crippen molar-refractivity contribution in [3.63, 3.8) is 0 Å². The van der Waals surface area contributed by atoms with Gasteiger partial charge in [-0.1, -0.05) is 24.3 Å². The Hall–Kier alpha value is -2.51. The highest BCUT2D eigenvalue weighted by atomic mass is 32.1. The molecule has 1 aliphatic heterocycles. The summed E-state index contributed by atoms with van der Waals surface area (Å²) in [6.07, 6.45) is 7.56. The number of carbonyl (C=O) groups excluding carboxylic acids is 1. The molecule has 2 aliphatic carbocycles. The van der Waals surface area contributed by atoms with Crippen molar-refractivity contribution in [3.8, 4) is 0 Å². The van der Waals surface area contributed by atoms with E-state index in [-0.39, 0.29) is 17.4 Å². The number of hydrogen-bond acceptors (Lipinski definition) is 5. The zero-order chi connectivity index (χ0) is 22.4. The Balaban J connectivity index is 1.13. The Bertz CT molecular complexity index is 1250. The van der Waals surface area contributed by atoms with E-state index >= 15 is 0 Å². The third-order valence-corrected chi connectivity index (χ3v) is 8.78. The maximum absolute atomic E-state index is 13.3. The third-order valence-electron chi connectivity index (χ3n) is 7.60. The Labute approximate surface area is 197 Å². The van der Waals surface area contributed by atoms with E-state index in [2.05, 4.69) is 34.1 Å². The van der Waals surface area contributed by atoms with Crippen LogP contribution in [0.15, 0.2) is 29.1 Å². The van der Waals surface area contributed by atoms with Crippen LogP contribution in [0.25, 0.3) is 10.2 Å². The molecule has 1 N–H and O–H groups in total. The van der Waals surface area contributed by atoms with Gasteiger partial charge in [-0.2, -0.15) is 0 Å². The van der Waals surface area contributed by atoms with Gasteiger partial charge < -0.3 is 9.88 Å². The predicted octanol–water partition coefficient (Wildman–Crippen LogP) is 3.63. The second-order valence-corrected chi connectivity index (χ2v) is 10.7. The van der Waals surface area contributed by atoms with Crippen molar-refractivity contribution in [2.75, 3.05) is 26.2 Å². The van der Waals surface area contributed by atoms with Crippen LogP contribution >= 0.6 is 11.3 Å². The summed E-state index contributed by atoms with van der Waals surface area (Å²) in [6, 6.07) is 8.43. The molecular weight excluding hydrogens is 432 g/mol. The van der Waals surface area contributed by atoms with Crippen LogP contribution < -0.4 is 5.56 Å². The second kappa shape index (κ2) is 8.69. The van der Waals surface area contributed by atoms with E-state index < -0.39 is 0 Å². The first-order chi connectivity index (χ1) is 16.2. The number of nitrogens with zero attached hydrogens (tertiary/aromatic N) is 3. The van der Waals surface area contributed by atoms with Crippen molar-refractivity contribution in [2.24, 2.45) is 0 Å². The summed E-state index contributed by atoms with van der Waals surface area (Å²) in [7, 11) is 0. The quantitative estimate of drug-likeness (QED) is 0.645. The van der Waals surface area contributed by atoms with E-state index in [0.717, 1.165) is 80.7 Å². The van der Waals surface area contributed by atoms with Crippen LogP contribution in [-0.4, -0.2) is 51.9 Å². The molecule has 3 heterocycles. The molecule has 7 heteroatoms. The van der Waals surface area contributed by atoms with Gasteiger partial charge in [-0.05, 0) is 61.6 Å². The van der Waals surface area contributed by atoms with Crippen molar-refractivity contribution in [1.82, 2.24) is 19.8 Å². The van der Waals surface area contributed by atoms with Gasteiger partial charge in [0.2, 0.25) is 5.91 Å². The molecule has 3 aromatic rings. The van der Waals surface area contributed by atoms with Gasteiger partial charge in [-0.15, -0.1) is 11.3 Å². The van der Waals surface area contributed by atoms with Crippen LogP contribution in [0.5, 0.6) is 0 Å². The lowest BCUT2D eigenvalue weighted by molar-refractivity contribution is -0.135. The van der Waals surface area contributed by atoms with Gasteiger partial charge in [0.25, 0.3) is 5.56 Å². The minimum atomic E-state index is 0.00629. The van der Waals surface area contributed by atoms with Crippen molar-refractivity contribution >= 4 is 27.5 Å². The number of aromatic nitrogens is 2. The first kappa shape index (κ1) is 21.1. The Kier molecular flexibility index (Phi) is 5.54. The molecule has 2 aromatic heterocycles. The van der Waals surface area contributed by atoms with E-state index in [1.54, 1.807) is 11.3 Å². The van der Waals surface area contributed by atoms with E-state index in [1.807, 2.05) is 4.90 Å². The zero-order valence-corrected chi connectivity index (χ0v) is 19.8. The topological polar surface area (TPSA) is 69.3 Å². The highest BCUT2D eigenvalue weighted by molar-refractivity contribution is 7.18. The number of piperazine rings is 1. The molecule has 3 aliphatic rings. The lowest BCUT2D eigenvalue weighted by Gasteiger charge is -2.37. The number of aryl methyl sites for hydroxylation is 3. The molecule has 1 amide bonds. The molecular formula is C26H30N4O2S. The highest BCUT2D eigenvalue weighted by Crippen LogP contribution is 2.34. The van der Waals surface area contributed by atoms with Crippen LogP contribution in [0.3, 0.4) is 0 Å². The van der Waals surface area contributed by atoms with Crippen LogP contribution in [-0.2, 0) is 30.6 Å². The zero-order valence-electron chi connectivity index (χ0n) is 18.9. The van der Waals surface area contributed by atoms with E-state index in [4.69, 9.17) is 4.98 Å². The van der Waals surface area contributed by atoms with Gasteiger partial charge in [0.1, 0.15) is 10.7 Å². The molecule has 33 heavy (non-hydrogen) atoms. The Morgan fingerprint density at radius 3 is 2.76 bits per heavy atom. The minimum Gasteiger partial charge on any atom is -0.340 e. The number of hydrogen-bond donors (Lipinski definition) is 1. The molecule has 0 spiro atoms. The fraction of sp³-hybridized carbons (Fsp3) is 0.500. The normalized spacial score (nSPS) is 21.1. The number of rotatable bonds is 3. The van der Waals surface area contributed by atoms with Crippen LogP contribution in [0.2, 0.25) is 0 Å². The number of nitrogens with one attached hydrogen (secondary N) is 1. The van der Waals surface area contributed by atoms with Crippen LogP contribution in [0.1, 0.15) is 59.0 Å². The minimum absolute atomic E-state index is 0.00629. The standard InChI is InChI=1S/C26H30N4O2S/c31-24-23-20-9-3-4-11-21(20)33-25(23)28-22(27-24)16-29-12-14-30(15-13-29)26(32)19-10-5-7-17-6-1-2-8-18(17)19/h1-2,6,8,19H,3-5,7,9-16H2,(H,27,28,31). The van der Waals surface area contributed by atoms with Gasteiger partial charge in [-0.3, -0.25) is 14.5 Å². The lowest BCUT2D eigenvalue weighted by Crippen LogP contribution is -2.50. The van der Waals surface area contributed by atoms with Crippen molar-refractivity contribution in [2.45, 2.75) is 57.4 Å². The molecule has 0 bridgehead atoms. The molecule has 0 radical (unpaired) electrons. The molecule has 1 fully saturated rings. The summed E-state index contributed by atoms with van der Waals surface area (Å²) in [6.45, 7) is 3.71. The SMILES string of the molecule is O=C(C1CCCc2ccccc21)N1CCN(Cc2nc3sc4c(c3c(=O)[nH]2)CCCC4)CC1. The number of aromatic amines is 1. The van der Waals surface area contributed by atoms with Gasteiger partial charge in [0.15, 0.2) is 0 Å². The Morgan fingerprint density at radius 1 is 1.06 bits per heavy atom. The average Bonchev–Trinajstić information content (AvgIpc) is 3.22. The molecule has 1 saturated heterocycles. The maximum Gasteiger partial charge on any atom is 0.259 e. The smallest absolute Gasteiger partial charge is 0.259 e. The lowest BCUT2D eigenvalue weighted by atomic mass is 9.82. The summed E-state index contributed by atoms with van der Waals surface area (Å²) in [5, 5.41) is 0.821. The fourth-order valence-electron chi connectivity index (χ4n) is 5.85. The fourth-order valence-corrected chi connectivity index (χ4v) is 7.13. The number of H-pyrrole nitrogens is 1. The van der Waals surface area contributed by atoms with Crippen molar-refractivity contribution < 1.29 is 4.79 Å². The molecule has 1 atom stereocenters. The first-order valence-electron chi connectivity index (χ1n) is 12.3. The number of thiophene rings is 1. The van der Waals surface area contributed by atoms with E-state index in [1.165, 1.54) is 28.0 Å². The first-order valence-corrected chi connectivity index (χ1v) is 13.1. The number of amides is 1. The summed E-state index contributed by atoms with van der Waals surface area (Å²) in [5.74, 6) is 1.03. The van der Waals surface area contributed by atoms with Crippen molar-refractivity contribution in [1.29, 1.82) is 0 Å². The second-order valence-electron chi connectivity index (χ2n) is 9.65. The van der Waals surface area contributed by atoms with E-state index in [9.17, 15) is 9.59 Å². The van der Waals surface area contributed by atoms with Crippen LogP contribution in [0.4, 0.5) is 0 Å². The maximum atomic E-state index is 13.3. The molecule has 1 aromatic carbocycles.